The van der Waals surface area contributed by atoms with Gasteiger partial charge in [0, 0.05) is 42.4 Å². The molecule has 0 amide bonds. The molecule has 4 rings (SSSR count). The number of aromatic amines is 1. The number of anilines is 2. The van der Waals surface area contributed by atoms with Gasteiger partial charge in [0.05, 0.1) is 5.56 Å². The zero-order chi connectivity index (χ0) is 21.3. The van der Waals surface area contributed by atoms with Crippen molar-refractivity contribution in [2.24, 2.45) is 0 Å². The van der Waals surface area contributed by atoms with Gasteiger partial charge in [0.1, 0.15) is 5.82 Å². The fourth-order valence-electron chi connectivity index (χ4n) is 4.45. The van der Waals surface area contributed by atoms with Crippen LogP contribution in [0.5, 0.6) is 0 Å². The highest BCUT2D eigenvalue weighted by Gasteiger charge is 2.37. The van der Waals surface area contributed by atoms with E-state index < -0.39 is 0 Å². The van der Waals surface area contributed by atoms with E-state index in [1.807, 2.05) is 19.1 Å². The quantitative estimate of drug-likeness (QED) is 0.532. The van der Waals surface area contributed by atoms with Gasteiger partial charge < -0.3 is 15.2 Å². The number of hydrogen-bond donors (Lipinski definition) is 2. The molecule has 0 saturated carbocycles. The van der Waals surface area contributed by atoms with Crippen molar-refractivity contribution in [1.29, 1.82) is 0 Å². The molecule has 0 saturated heterocycles. The normalized spacial score (nSPS) is 18.0. The van der Waals surface area contributed by atoms with Crippen LogP contribution >= 0.6 is 11.8 Å². The number of rotatable bonds is 6. The van der Waals surface area contributed by atoms with Crippen molar-refractivity contribution in [3.8, 4) is 0 Å². The molecule has 1 aromatic carbocycles. The number of H-pyrrole nitrogens is 1. The van der Waals surface area contributed by atoms with Crippen molar-refractivity contribution in [2.75, 3.05) is 29.1 Å². The number of hydrogen-bond acceptors (Lipinski definition) is 6. The van der Waals surface area contributed by atoms with Gasteiger partial charge in [-0.1, -0.05) is 30.8 Å². The highest BCUT2D eigenvalue weighted by atomic mass is 32.2. The van der Waals surface area contributed by atoms with E-state index in [4.69, 9.17) is 0 Å². The summed E-state index contributed by atoms with van der Waals surface area (Å²) in [6.45, 7) is 8.16. The number of fused-ring (bicyclic) bond motifs is 1. The third kappa shape index (κ3) is 3.67. The zero-order valence-corrected chi connectivity index (χ0v) is 18.6. The fourth-order valence-corrected chi connectivity index (χ4v) is 5.04. The Morgan fingerprint density at radius 2 is 1.83 bits per heavy atom. The van der Waals surface area contributed by atoms with E-state index in [1.165, 1.54) is 11.8 Å². The summed E-state index contributed by atoms with van der Waals surface area (Å²) in [4.78, 5) is 35.9. The molecule has 2 N–H and O–H groups in total. The SMILES string of the molecule is CCSc1nc2c(c(=O)[nH]1)C(c1ccc(N(CC)CC)cc1)C1=C(CCCC1=O)N2. The molecule has 1 unspecified atom stereocenters. The number of benzene rings is 1. The molecule has 2 heterocycles. The van der Waals surface area contributed by atoms with Gasteiger partial charge in [-0.05, 0) is 50.1 Å². The lowest BCUT2D eigenvalue weighted by Gasteiger charge is -2.33. The van der Waals surface area contributed by atoms with E-state index in [1.54, 1.807) is 0 Å². The lowest BCUT2D eigenvalue weighted by Crippen LogP contribution is -2.32. The van der Waals surface area contributed by atoms with Crippen molar-refractivity contribution < 1.29 is 4.79 Å². The lowest BCUT2D eigenvalue weighted by molar-refractivity contribution is -0.116. The number of thioether (sulfide) groups is 1. The summed E-state index contributed by atoms with van der Waals surface area (Å²) in [6, 6.07) is 8.27. The maximum Gasteiger partial charge on any atom is 0.257 e. The third-order valence-electron chi connectivity index (χ3n) is 5.87. The third-order valence-corrected chi connectivity index (χ3v) is 6.63. The van der Waals surface area contributed by atoms with Crippen molar-refractivity contribution >= 4 is 29.1 Å². The van der Waals surface area contributed by atoms with Crippen LogP contribution in [0.15, 0.2) is 45.5 Å². The van der Waals surface area contributed by atoms with Gasteiger partial charge >= 0.3 is 0 Å². The second-order valence-corrected chi connectivity index (χ2v) is 8.81. The summed E-state index contributed by atoms with van der Waals surface area (Å²) in [5, 5.41) is 3.93. The fraction of sp³-hybridized carbons (Fsp3) is 0.435. The summed E-state index contributed by atoms with van der Waals surface area (Å²) >= 11 is 1.50. The van der Waals surface area contributed by atoms with E-state index in [2.05, 4.69) is 46.2 Å². The van der Waals surface area contributed by atoms with E-state index in [0.29, 0.717) is 23.0 Å². The molecule has 0 spiro atoms. The van der Waals surface area contributed by atoms with Crippen LogP contribution in [0.3, 0.4) is 0 Å². The molecule has 2 aliphatic rings. The first-order valence-electron chi connectivity index (χ1n) is 10.7. The summed E-state index contributed by atoms with van der Waals surface area (Å²) in [5.74, 6) is 1.15. The predicted molar refractivity (Wildman–Crippen MR) is 123 cm³/mol. The minimum atomic E-state index is -0.383. The molecule has 1 atom stereocenters. The van der Waals surface area contributed by atoms with Crippen LogP contribution in [-0.4, -0.2) is 34.6 Å². The molecule has 1 aromatic heterocycles. The monoisotopic (exact) mass is 424 g/mol. The minimum Gasteiger partial charge on any atom is -0.372 e. The van der Waals surface area contributed by atoms with Crippen molar-refractivity contribution in [3.63, 3.8) is 0 Å². The van der Waals surface area contributed by atoms with E-state index in [0.717, 1.165) is 54.2 Å². The van der Waals surface area contributed by atoms with Gasteiger partial charge in [-0.2, -0.15) is 0 Å². The van der Waals surface area contributed by atoms with Gasteiger partial charge in [-0.25, -0.2) is 4.98 Å². The molecule has 1 aliphatic carbocycles. The maximum absolute atomic E-state index is 13.1. The smallest absolute Gasteiger partial charge is 0.257 e. The number of nitrogens with zero attached hydrogens (tertiary/aromatic N) is 2. The van der Waals surface area contributed by atoms with Crippen LogP contribution in [0, 0.1) is 0 Å². The van der Waals surface area contributed by atoms with Crippen LogP contribution in [0.25, 0.3) is 0 Å². The standard InChI is InChI=1S/C23H28N4O2S/c1-4-27(5-2)15-12-10-14(11-13-15)18-19-16(8-7-9-17(19)28)24-21-20(18)22(29)26-23(25-21)30-6-3/h10-13,18H,4-9H2,1-3H3,(H2,24,25,26,29). The van der Waals surface area contributed by atoms with Crippen LogP contribution in [0.4, 0.5) is 11.5 Å². The number of carbonyl (C=O) groups is 1. The molecule has 7 heteroatoms. The Morgan fingerprint density at radius 1 is 1.10 bits per heavy atom. The molecular formula is C23H28N4O2S. The Bertz CT molecular complexity index is 1040. The largest absolute Gasteiger partial charge is 0.372 e. The molecule has 6 nitrogen and oxygen atoms in total. The van der Waals surface area contributed by atoms with Gasteiger partial charge in [-0.3, -0.25) is 9.59 Å². The molecule has 2 aromatic rings. The average Bonchev–Trinajstić information content (AvgIpc) is 2.74. The molecule has 0 bridgehead atoms. The highest BCUT2D eigenvalue weighted by Crippen LogP contribution is 2.43. The molecule has 158 valence electrons. The second kappa shape index (κ2) is 8.68. The number of allylic oxidation sites excluding steroid dienone is 2. The van der Waals surface area contributed by atoms with Crippen molar-refractivity contribution in [2.45, 2.75) is 51.1 Å². The van der Waals surface area contributed by atoms with Crippen LogP contribution in [-0.2, 0) is 4.79 Å². The number of Topliss-reactive ketones (excluding diaryl/α,β-unsaturated/α-hetero) is 1. The minimum absolute atomic E-state index is 0.124. The molecule has 0 radical (unpaired) electrons. The van der Waals surface area contributed by atoms with Crippen molar-refractivity contribution in [3.05, 3.63) is 57.0 Å². The first-order chi connectivity index (χ1) is 14.6. The topological polar surface area (TPSA) is 78.1 Å². The number of carbonyl (C=O) groups excluding carboxylic acids is 1. The van der Waals surface area contributed by atoms with E-state index in [9.17, 15) is 9.59 Å². The highest BCUT2D eigenvalue weighted by molar-refractivity contribution is 7.99. The van der Waals surface area contributed by atoms with Gasteiger partial charge in [0.15, 0.2) is 10.9 Å². The van der Waals surface area contributed by atoms with E-state index >= 15 is 0 Å². The molecular weight excluding hydrogens is 396 g/mol. The molecule has 1 aliphatic heterocycles. The molecule has 30 heavy (non-hydrogen) atoms. The summed E-state index contributed by atoms with van der Waals surface area (Å²) in [5.41, 5.74) is 4.12. The second-order valence-electron chi connectivity index (χ2n) is 7.56. The molecule has 0 fully saturated rings. The Hall–Kier alpha value is -2.54. The van der Waals surface area contributed by atoms with Crippen molar-refractivity contribution in [1.82, 2.24) is 9.97 Å². The van der Waals surface area contributed by atoms with E-state index in [-0.39, 0.29) is 17.3 Å². The Kier molecular flexibility index (Phi) is 5.99. The number of ketones is 1. The Morgan fingerprint density at radius 3 is 2.50 bits per heavy atom. The Balaban J connectivity index is 1.85. The van der Waals surface area contributed by atoms with Crippen LogP contribution in [0.2, 0.25) is 0 Å². The predicted octanol–water partition coefficient (Wildman–Crippen LogP) is 4.29. The maximum atomic E-state index is 13.1. The van der Waals surface area contributed by atoms with Gasteiger partial charge in [0.2, 0.25) is 0 Å². The number of aromatic nitrogens is 2. The summed E-state index contributed by atoms with van der Waals surface area (Å²) in [7, 11) is 0. The summed E-state index contributed by atoms with van der Waals surface area (Å²) < 4.78 is 0. The number of nitrogens with one attached hydrogen (secondary N) is 2. The summed E-state index contributed by atoms with van der Waals surface area (Å²) in [6.07, 6.45) is 2.16. The van der Waals surface area contributed by atoms with Crippen LogP contribution in [0.1, 0.15) is 57.1 Å². The van der Waals surface area contributed by atoms with Gasteiger partial charge in [-0.15, -0.1) is 0 Å². The van der Waals surface area contributed by atoms with Crippen LogP contribution < -0.4 is 15.8 Å². The zero-order valence-electron chi connectivity index (χ0n) is 17.7. The van der Waals surface area contributed by atoms with Gasteiger partial charge in [0.25, 0.3) is 5.56 Å². The first kappa shape index (κ1) is 20.7. The average molecular weight is 425 g/mol. The lowest BCUT2D eigenvalue weighted by atomic mass is 9.76. The Labute approximate surface area is 181 Å². The first-order valence-corrected chi connectivity index (χ1v) is 11.7.